The van der Waals surface area contributed by atoms with Crippen LogP contribution < -0.4 is 11.2 Å². The molecule has 4 rings (SSSR count). The Balaban J connectivity index is 1.70. The van der Waals surface area contributed by atoms with Crippen LogP contribution in [0.1, 0.15) is 24.5 Å². The van der Waals surface area contributed by atoms with Crippen molar-refractivity contribution in [2.75, 3.05) is 13.2 Å². The van der Waals surface area contributed by atoms with Crippen LogP contribution in [-0.2, 0) is 17.0 Å². The molecule has 0 radical (unpaired) electrons. The molecule has 0 N–H and O–H groups in total. The van der Waals surface area contributed by atoms with Crippen molar-refractivity contribution in [3.8, 4) is 0 Å². The first-order valence-electron chi connectivity index (χ1n) is 10.3. The maximum absolute atomic E-state index is 13.1. The fourth-order valence-electron chi connectivity index (χ4n) is 3.52. The van der Waals surface area contributed by atoms with Gasteiger partial charge in [0.05, 0.1) is 10.9 Å². The summed E-state index contributed by atoms with van der Waals surface area (Å²) in [6.45, 7) is 5.67. The highest BCUT2D eigenvalue weighted by atomic mass is 32.2. The Morgan fingerprint density at radius 1 is 1.10 bits per heavy atom. The molecule has 4 aromatic rings. The standard InChI is InChI=1S/C24H24N2O4S/c1-3-29-12-6-11-26-23(28)19-7-4-5-8-20(19)25-24(26)31-15-17-14-22(27)30-21-13-16(2)9-10-18(17)21/h4-5,7-10,13-14H,3,6,11-12,15H2,1-2H3. The van der Waals surface area contributed by atoms with E-state index in [9.17, 15) is 9.59 Å². The smallest absolute Gasteiger partial charge is 0.336 e. The van der Waals surface area contributed by atoms with Gasteiger partial charge in [-0.15, -0.1) is 0 Å². The van der Waals surface area contributed by atoms with Crippen molar-refractivity contribution in [2.24, 2.45) is 0 Å². The Hall–Kier alpha value is -2.90. The van der Waals surface area contributed by atoms with Crippen molar-refractivity contribution in [3.63, 3.8) is 0 Å². The molecule has 2 aromatic carbocycles. The average Bonchev–Trinajstić information content (AvgIpc) is 2.76. The summed E-state index contributed by atoms with van der Waals surface area (Å²) in [4.78, 5) is 29.9. The van der Waals surface area contributed by atoms with Gasteiger partial charge in [0.15, 0.2) is 5.16 Å². The molecular formula is C24H24N2O4S. The van der Waals surface area contributed by atoms with E-state index in [4.69, 9.17) is 14.1 Å². The third-order valence-electron chi connectivity index (χ3n) is 5.04. The molecule has 2 aromatic heterocycles. The summed E-state index contributed by atoms with van der Waals surface area (Å²) >= 11 is 1.45. The highest BCUT2D eigenvalue weighted by molar-refractivity contribution is 7.98. The van der Waals surface area contributed by atoms with E-state index in [2.05, 4.69) is 0 Å². The summed E-state index contributed by atoms with van der Waals surface area (Å²) in [5, 5.41) is 2.13. The van der Waals surface area contributed by atoms with Crippen LogP contribution in [0.15, 0.2) is 67.7 Å². The first-order chi connectivity index (χ1) is 15.1. The van der Waals surface area contributed by atoms with Gasteiger partial charge in [0.1, 0.15) is 5.58 Å². The van der Waals surface area contributed by atoms with E-state index in [0.29, 0.717) is 47.2 Å². The molecule has 0 spiro atoms. The average molecular weight is 437 g/mol. The van der Waals surface area contributed by atoms with E-state index in [1.165, 1.54) is 17.8 Å². The number of thioether (sulfide) groups is 1. The quantitative estimate of drug-likeness (QED) is 0.175. The van der Waals surface area contributed by atoms with E-state index in [-0.39, 0.29) is 11.2 Å². The summed E-state index contributed by atoms with van der Waals surface area (Å²) in [6.07, 6.45) is 0.721. The van der Waals surface area contributed by atoms with Gasteiger partial charge in [-0.3, -0.25) is 9.36 Å². The molecule has 0 fully saturated rings. The normalized spacial score (nSPS) is 11.4. The van der Waals surface area contributed by atoms with Gasteiger partial charge in [-0.25, -0.2) is 9.78 Å². The fraction of sp³-hybridized carbons (Fsp3) is 0.292. The van der Waals surface area contributed by atoms with E-state index in [0.717, 1.165) is 22.9 Å². The highest BCUT2D eigenvalue weighted by Gasteiger charge is 2.13. The second kappa shape index (κ2) is 9.49. The second-order valence-corrected chi connectivity index (χ2v) is 8.24. The Bertz CT molecular complexity index is 1340. The fourth-order valence-corrected chi connectivity index (χ4v) is 4.54. The number of rotatable bonds is 8. The lowest BCUT2D eigenvalue weighted by Gasteiger charge is -2.13. The molecule has 0 aliphatic rings. The van der Waals surface area contributed by atoms with Gasteiger partial charge in [-0.1, -0.05) is 36.0 Å². The predicted octanol–water partition coefficient (Wildman–Crippen LogP) is 4.53. The Morgan fingerprint density at radius 2 is 1.94 bits per heavy atom. The number of aromatic nitrogens is 2. The number of nitrogens with zero attached hydrogens (tertiary/aromatic N) is 2. The Labute approximate surface area is 183 Å². The van der Waals surface area contributed by atoms with Crippen LogP contribution >= 0.6 is 11.8 Å². The van der Waals surface area contributed by atoms with Gasteiger partial charge in [0.25, 0.3) is 5.56 Å². The van der Waals surface area contributed by atoms with Crippen LogP contribution in [0.25, 0.3) is 21.9 Å². The highest BCUT2D eigenvalue weighted by Crippen LogP contribution is 2.26. The van der Waals surface area contributed by atoms with Gasteiger partial charge >= 0.3 is 5.63 Å². The molecule has 6 nitrogen and oxygen atoms in total. The lowest BCUT2D eigenvalue weighted by molar-refractivity contribution is 0.140. The summed E-state index contributed by atoms with van der Waals surface area (Å²) in [7, 11) is 0. The number of para-hydroxylation sites is 1. The topological polar surface area (TPSA) is 74.3 Å². The molecular weight excluding hydrogens is 412 g/mol. The van der Waals surface area contributed by atoms with Crippen LogP contribution in [0.5, 0.6) is 0 Å². The minimum absolute atomic E-state index is 0.0577. The van der Waals surface area contributed by atoms with Crippen LogP contribution in [-0.4, -0.2) is 22.8 Å². The summed E-state index contributed by atoms with van der Waals surface area (Å²) in [5.41, 5.74) is 2.69. The first kappa shape index (κ1) is 21.3. The van der Waals surface area contributed by atoms with E-state index < -0.39 is 0 Å². The van der Waals surface area contributed by atoms with Crippen molar-refractivity contribution in [2.45, 2.75) is 37.7 Å². The minimum Gasteiger partial charge on any atom is -0.423 e. The lowest BCUT2D eigenvalue weighted by Crippen LogP contribution is -2.24. The van der Waals surface area contributed by atoms with Gasteiger partial charge in [-0.05, 0) is 49.6 Å². The maximum Gasteiger partial charge on any atom is 0.336 e. The molecule has 0 amide bonds. The van der Waals surface area contributed by atoms with Crippen LogP contribution in [0.3, 0.4) is 0 Å². The monoisotopic (exact) mass is 436 g/mol. The number of fused-ring (bicyclic) bond motifs is 2. The molecule has 0 bridgehead atoms. The molecule has 0 aliphatic carbocycles. The van der Waals surface area contributed by atoms with Crippen molar-refractivity contribution < 1.29 is 9.15 Å². The number of ether oxygens (including phenoxy) is 1. The van der Waals surface area contributed by atoms with Gasteiger partial charge in [-0.2, -0.15) is 0 Å². The molecule has 160 valence electrons. The molecule has 0 saturated carbocycles. The van der Waals surface area contributed by atoms with Crippen molar-refractivity contribution in [1.82, 2.24) is 9.55 Å². The SMILES string of the molecule is CCOCCCn1c(SCc2cc(=O)oc3cc(C)ccc23)nc2ccccc2c1=O. The van der Waals surface area contributed by atoms with Gasteiger partial charge in [0.2, 0.25) is 0 Å². The number of hydrogen-bond acceptors (Lipinski definition) is 6. The minimum atomic E-state index is -0.380. The largest absolute Gasteiger partial charge is 0.423 e. The zero-order valence-electron chi connectivity index (χ0n) is 17.6. The zero-order chi connectivity index (χ0) is 21.8. The molecule has 7 heteroatoms. The number of aryl methyl sites for hydroxylation is 1. The Kier molecular flexibility index (Phi) is 6.53. The van der Waals surface area contributed by atoms with Crippen molar-refractivity contribution >= 4 is 33.6 Å². The lowest BCUT2D eigenvalue weighted by atomic mass is 10.1. The molecule has 31 heavy (non-hydrogen) atoms. The van der Waals surface area contributed by atoms with E-state index in [1.807, 2.05) is 50.2 Å². The zero-order valence-corrected chi connectivity index (χ0v) is 18.4. The summed E-state index contributed by atoms with van der Waals surface area (Å²) < 4.78 is 12.5. The predicted molar refractivity (Wildman–Crippen MR) is 124 cm³/mol. The number of hydrogen-bond donors (Lipinski definition) is 0. The van der Waals surface area contributed by atoms with Crippen molar-refractivity contribution in [1.29, 1.82) is 0 Å². The molecule has 2 heterocycles. The summed E-state index contributed by atoms with van der Waals surface area (Å²) in [6, 6.07) is 14.7. The van der Waals surface area contributed by atoms with Crippen LogP contribution in [0.4, 0.5) is 0 Å². The molecule has 0 atom stereocenters. The maximum atomic E-state index is 13.1. The first-order valence-corrected chi connectivity index (χ1v) is 11.3. The van der Waals surface area contributed by atoms with E-state index in [1.54, 1.807) is 10.6 Å². The van der Waals surface area contributed by atoms with Crippen LogP contribution in [0, 0.1) is 6.92 Å². The van der Waals surface area contributed by atoms with Crippen LogP contribution in [0.2, 0.25) is 0 Å². The third-order valence-corrected chi connectivity index (χ3v) is 6.07. The molecule has 0 aliphatic heterocycles. The Morgan fingerprint density at radius 3 is 2.77 bits per heavy atom. The number of benzene rings is 2. The van der Waals surface area contributed by atoms with Gasteiger partial charge in [0, 0.05) is 37.0 Å². The van der Waals surface area contributed by atoms with Crippen molar-refractivity contribution in [3.05, 3.63) is 80.4 Å². The van der Waals surface area contributed by atoms with Gasteiger partial charge < -0.3 is 9.15 Å². The molecule has 0 unspecified atom stereocenters. The molecule has 0 saturated heterocycles. The third kappa shape index (κ3) is 4.73. The second-order valence-electron chi connectivity index (χ2n) is 7.30. The summed E-state index contributed by atoms with van der Waals surface area (Å²) in [5.74, 6) is 0.501. The van der Waals surface area contributed by atoms with E-state index >= 15 is 0 Å².